The van der Waals surface area contributed by atoms with E-state index < -0.39 is 10.0 Å². The highest BCUT2D eigenvalue weighted by molar-refractivity contribution is 7.89. The Kier molecular flexibility index (Phi) is 2.55. The molecule has 0 radical (unpaired) electrons. The molecule has 4 rings (SSSR count). The molecule has 4 aliphatic carbocycles. The summed E-state index contributed by atoms with van der Waals surface area (Å²) in [6.45, 7) is 1.72. The maximum atomic E-state index is 11.7. The van der Waals surface area contributed by atoms with Crippen LogP contribution >= 0.6 is 0 Å². The minimum absolute atomic E-state index is 0.218. The van der Waals surface area contributed by atoms with Gasteiger partial charge in [-0.3, -0.25) is 0 Å². The van der Waals surface area contributed by atoms with E-state index in [1.165, 1.54) is 32.1 Å². The zero-order chi connectivity index (χ0) is 11.3. The summed E-state index contributed by atoms with van der Waals surface area (Å²) in [6, 6.07) is 0.262. The molecule has 0 unspecified atom stereocenters. The van der Waals surface area contributed by atoms with Crippen LogP contribution in [0.4, 0.5) is 0 Å². The van der Waals surface area contributed by atoms with Gasteiger partial charge in [0.25, 0.3) is 0 Å². The second kappa shape index (κ2) is 3.70. The van der Waals surface area contributed by atoms with Gasteiger partial charge in [-0.25, -0.2) is 13.1 Å². The van der Waals surface area contributed by atoms with Crippen LogP contribution < -0.4 is 4.72 Å². The molecule has 4 fully saturated rings. The zero-order valence-corrected chi connectivity index (χ0v) is 10.7. The predicted octanol–water partition coefficient (Wildman–Crippen LogP) is 1.75. The van der Waals surface area contributed by atoms with E-state index in [1.54, 1.807) is 6.92 Å². The first-order valence-corrected chi connectivity index (χ1v) is 8.22. The lowest BCUT2D eigenvalue weighted by atomic mass is 9.54. The molecule has 0 saturated heterocycles. The van der Waals surface area contributed by atoms with Gasteiger partial charge in [-0.15, -0.1) is 0 Å². The van der Waals surface area contributed by atoms with E-state index in [0.717, 1.165) is 11.8 Å². The van der Waals surface area contributed by atoms with Crippen molar-refractivity contribution in [2.24, 2.45) is 23.7 Å². The van der Waals surface area contributed by atoms with Crippen LogP contribution in [0.15, 0.2) is 0 Å². The molecular formula is C12H21NO2S. The summed E-state index contributed by atoms with van der Waals surface area (Å²) in [6.07, 6.45) is 6.49. The van der Waals surface area contributed by atoms with Gasteiger partial charge in [-0.2, -0.15) is 0 Å². The molecular weight excluding hydrogens is 222 g/mol. The summed E-state index contributed by atoms with van der Waals surface area (Å²) < 4.78 is 26.3. The Morgan fingerprint density at radius 1 is 1.00 bits per heavy atom. The van der Waals surface area contributed by atoms with Gasteiger partial charge >= 0.3 is 0 Å². The van der Waals surface area contributed by atoms with Crippen molar-refractivity contribution in [1.82, 2.24) is 4.72 Å². The van der Waals surface area contributed by atoms with E-state index in [1.807, 2.05) is 0 Å². The predicted molar refractivity (Wildman–Crippen MR) is 63.4 cm³/mol. The maximum absolute atomic E-state index is 11.7. The van der Waals surface area contributed by atoms with Crippen molar-refractivity contribution in [3.8, 4) is 0 Å². The largest absolute Gasteiger partial charge is 0.212 e. The second-order valence-corrected chi connectivity index (χ2v) is 8.02. The third kappa shape index (κ3) is 1.80. The smallest absolute Gasteiger partial charge is 0.211 e. The van der Waals surface area contributed by atoms with Gasteiger partial charge in [-0.1, -0.05) is 0 Å². The lowest BCUT2D eigenvalue weighted by molar-refractivity contribution is -0.00556. The first kappa shape index (κ1) is 11.0. The van der Waals surface area contributed by atoms with E-state index in [0.29, 0.717) is 11.8 Å². The first-order valence-electron chi connectivity index (χ1n) is 6.57. The van der Waals surface area contributed by atoms with Crippen molar-refractivity contribution < 1.29 is 8.42 Å². The Morgan fingerprint density at radius 3 is 1.94 bits per heavy atom. The average molecular weight is 243 g/mol. The van der Waals surface area contributed by atoms with Crippen molar-refractivity contribution in [2.75, 3.05) is 5.75 Å². The Morgan fingerprint density at radius 2 is 1.50 bits per heavy atom. The van der Waals surface area contributed by atoms with Crippen LogP contribution in [0.1, 0.15) is 39.0 Å². The Labute approximate surface area is 98.0 Å². The van der Waals surface area contributed by atoms with Crippen molar-refractivity contribution >= 4 is 10.0 Å². The van der Waals surface area contributed by atoms with Crippen molar-refractivity contribution in [1.29, 1.82) is 0 Å². The Hall–Kier alpha value is -0.0900. The highest BCUT2D eigenvalue weighted by Crippen LogP contribution is 2.53. The fourth-order valence-electron chi connectivity index (χ4n) is 4.41. The normalized spacial score (nSPS) is 46.2. The van der Waals surface area contributed by atoms with Gasteiger partial charge in [-0.05, 0) is 62.7 Å². The van der Waals surface area contributed by atoms with Crippen LogP contribution in [0.3, 0.4) is 0 Å². The molecule has 0 spiro atoms. The molecule has 0 atom stereocenters. The molecule has 4 heteroatoms. The number of sulfonamides is 1. The van der Waals surface area contributed by atoms with E-state index >= 15 is 0 Å². The summed E-state index contributed by atoms with van der Waals surface area (Å²) in [5, 5.41) is 0. The molecule has 0 aromatic carbocycles. The molecule has 3 nitrogen and oxygen atoms in total. The minimum Gasteiger partial charge on any atom is -0.212 e. The van der Waals surface area contributed by atoms with Gasteiger partial charge in [0, 0.05) is 6.04 Å². The molecule has 16 heavy (non-hydrogen) atoms. The summed E-state index contributed by atoms with van der Waals surface area (Å²) in [5.41, 5.74) is 0. The average Bonchev–Trinajstić information content (AvgIpc) is 2.22. The van der Waals surface area contributed by atoms with Gasteiger partial charge < -0.3 is 0 Å². The minimum atomic E-state index is -3.01. The topological polar surface area (TPSA) is 46.2 Å². The molecule has 1 N–H and O–H groups in total. The van der Waals surface area contributed by atoms with Gasteiger partial charge in [0.2, 0.25) is 10.0 Å². The van der Waals surface area contributed by atoms with Crippen LogP contribution in [0.2, 0.25) is 0 Å². The summed E-state index contributed by atoms with van der Waals surface area (Å²) in [5.74, 6) is 3.31. The van der Waals surface area contributed by atoms with Crippen LogP contribution in [-0.2, 0) is 10.0 Å². The van der Waals surface area contributed by atoms with E-state index in [9.17, 15) is 8.42 Å². The third-order valence-electron chi connectivity index (χ3n) is 4.92. The molecule has 0 aromatic rings. The molecule has 0 amide bonds. The fraction of sp³-hybridized carbons (Fsp3) is 1.00. The summed E-state index contributed by atoms with van der Waals surface area (Å²) in [7, 11) is -3.01. The Bertz CT molecular complexity index is 348. The van der Waals surface area contributed by atoms with Crippen molar-refractivity contribution in [3.63, 3.8) is 0 Å². The standard InChI is InChI=1S/C12H21NO2S/c1-2-16(14,15)13-12-10-4-8-3-9(6-10)7-11(12)5-8/h8-13H,2-7H2,1H3. The SMILES string of the molecule is CCS(=O)(=O)NC1C2CC3CC(C2)CC1C3. The highest BCUT2D eigenvalue weighted by Gasteiger charge is 2.48. The zero-order valence-electron chi connectivity index (χ0n) is 9.85. The molecule has 4 bridgehead atoms. The lowest BCUT2D eigenvalue weighted by Gasteiger charge is -2.54. The van der Waals surface area contributed by atoms with E-state index in [2.05, 4.69) is 4.72 Å². The van der Waals surface area contributed by atoms with E-state index in [4.69, 9.17) is 0 Å². The number of nitrogens with one attached hydrogen (secondary N) is 1. The molecule has 92 valence electrons. The van der Waals surface area contributed by atoms with Gasteiger partial charge in [0.05, 0.1) is 5.75 Å². The molecule has 4 saturated carbocycles. The number of hydrogen-bond donors (Lipinski definition) is 1. The summed E-state index contributed by atoms with van der Waals surface area (Å²) >= 11 is 0. The Balaban J connectivity index is 1.77. The second-order valence-electron chi connectivity index (χ2n) is 5.98. The quantitative estimate of drug-likeness (QED) is 0.821. The molecule has 0 aromatic heterocycles. The molecule has 0 aliphatic heterocycles. The third-order valence-corrected chi connectivity index (χ3v) is 6.31. The van der Waals surface area contributed by atoms with Crippen molar-refractivity contribution in [2.45, 2.75) is 45.1 Å². The number of rotatable bonds is 3. The highest BCUT2D eigenvalue weighted by atomic mass is 32.2. The van der Waals surface area contributed by atoms with Crippen LogP contribution in [0, 0.1) is 23.7 Å². The van der Waals surface area contributed by atoms with Crippen LogP contribution in [0.5, 0.6) is 0 Å². The van der Waals surface area contributed by atoms with Crippen molar-refractivity contribution in [3.05, 3.63) is 0 Å². The first-order chi connectivity index (χ1) is 7.57. The van der Waals surface area contributed by atoms with Gasteiger partial charge in [0.1, 0.15) is 0 Å². The summed E-state index contributed by atoms with van der Waals surface area (Å²) in [4.78, 5) is 0. The van der Waals surface area contributed by atoms with Crippen LogP contribution in [-0.4, -0.2) is 20.2 Å². The van der Waals surface area contributed by atoms with Crippen LogP contribution in [0.25, 0.3) is 0 Å². The molecule has 0 heterocycles. The molecule has 4 aliphatic rings. The monoisotopic (exact) mass is 243 g/mol. The lowest BCUT2D eigenvalue weighted by Crippen LogP contribution is -2.55. The fourth-order valence-corrected chi connectivity index (χ4v) is 5.37. The van der Waals surface area contributed by atoms with E-state index in [-0.39, 0.29) is 11.8 Å². The van der Waals surface area contributed by atoms with Gasteiger partial charge in [0.15, 0.2) is 0 Å². The number of hydrogen-bond acceptors (Lipinski definition) is 2. The maximum Gasteiger partial charge on any atom is 0.211 e.